The number of carbonyl (C=O) groups excluding carboxylic acids is 1. The van der Waals surface area contributed by atoms with E-state index in [4.69, 9.17) is 0 Å². The van der Waals surface area contributed by atoms with E-state index in [1.807, 2.05) is 6.92 Å². The number of thiazole rings is 1. The molecule has 0 bridgehead atoms. The van der Waals surface area contributed by atoms with E-state index in [0.717, 1.165) is 22.0 Å². The van der Waals surface area contributed by atoms with Crippen molar-refractivity contribution in [3.63, 3.8) is 0 Å². The van der Waals surface area contributed by atoms with Gasteiger partial charge in [-0.15, -0.1) is 11.3 Å². The zero-order valence-electron chi connectivity index (χ0n) is 13.4. The Kier molecular flexibility index (Phi) is 5.33. The zero-order valence-corrected chi connectivity index (χ0v) is 14.2. The molecule has 2 aromatic rings. The van der Waals surface area contributed by atoms with E-state index in [-0.39, 0.29) is 12.2 Å². The summed E-state index contributed by atoms with van der Waals surface area (Å²) < 4.78 is 38.6. The normalized spacial score (nSPS) is 11.2. The first kappa shape index (κ1) is 18.1. The van der Waals surface area contributed by atoms with Gasteiger partial charge in [0.1, 0.15) is 0 Å². The highest BCUT2D eigenvalue weighted by Crippen LogP contribution is 2.34. The molecule has 0 atom stereocenters. The Morgan fingerprint density at radius 1 is 1.33 bits per heavy atom. The molecule has 5 nitrogen and oxygen atoms in total. The number of amides is 2. The van der Waals surface area contributed by atoms with Crippen LogP contribution in [-0.2, 0) is 12.7 Å². The first-order chi connectivity index (χ1) is 11.2. The number of nitrogens with zero attached hydrogens (tertiary/aromatic N) is 2. The van der Waals surface area contributed by atoms with Gasteiger partial charge in [-0.2, -0.15) is 13.2 Å². The highest BCUT2D eigenvalue weighted by molar-refractivity contribution is 7.11. The summed E-state index contributed by atoms with van der Waals surface area (Å²) >= 11 is 1.44. The van der Waals surface area contributed by atoms with E-state index in [1.54, 1.807) is 25.2 Å². The summed E-state index contributed by atoms with van der Waals surface area (Å²) in [5, 5.41) is 5.95. The van der Waals surface area contributed by atoms with Crippen LogP contribution in [-0.4, -0.2) is 25.1 Å². The molecule has 0 radical (unpaired) electrons. The minimum atomic E-state index is -4.47. The second-order valence-electron chi connectivity index (χ2n) is 5.28. The van der Waals surface area contributed by atoms with Gasteiger partial charge in [-0.3, -0.25) is 0 Å². The number of urea groups is 1. The van der Waals surface area contributed by atoms with Crippen LogP contribution in [0, 0.1) is 6.92 Å². The van der Waals surface area contributed by atoms with Crippen molar-refractivity contribution in [2.75, 3.05) is 24.3 Å². The number of hydrogen-bond donors (Lipinski definition) is 2. The minimum absolute atomic E-state index is 0.0906. The fourth-order valence-electron chi connectivity index (χ4n) is 2.02. The van der Waals surface area contributed by atoms with Crippen molar-refractivity contribution < 1.29 is 18.0 Å². The van der Waals surface area contributed by atoms with E-state index >= 15 is 0 Å². The van der Waals surface area contributed by atoms with E-state index in [1.165, 1.54) is 17.4 Å². The smallest absolute Gasteiger partial charge is 0.376 e. The minimum Gasteiger partial charge on any atom is -0.376 e. The van der Waals surface area contributed by atoms with Crippen LogP contribution in [0.1, 0.15) is 15.4 Å². The van der Waals surface area contributed by atoms with Gasteiger partial charge < -0.3 is 15.5 Å². The van der Waals surface area contributed by atoms with Gasteiger partial charge in [0.25, 0.3) is 0 Å². The predicted octanol–water partition coefficient (Wildman–Crippen LogP) is 3.86. The maximum atomic E-state index is 12.9. The van der Waals surface area contributed by atoms with Gasteiger partial charge in [-0.1, -0.05) is 0 Å². The molecule has 0 fully saturated rings. The molecule has 2 N–H and O–H groups in total. The van der Waals surface area contributed by atoms with Crippen molar-refractivity contribution in [2.45, 2.75) is 19.6 Å². The monoisotopic (exact) mass is 358 g/mol. The molecular formula is C15H17F3N4OS. The zero-order chi connectivity index (χ0) is 17.9. The van der Waals surface area contributed by atoms with Gasteiger partial charge in [0.2, 0.25) is 0 Å². The lowest BCUT2D eigenvalue weighted by molar-refractivity contribution is -0.137. The molecule has 0 aliphatic heterocycles. The molecule has 0 spiro atoms. The van der Waals surface area contributed by atoms with Crippen LogP contribution in [0.25, 0.3) is 0 Å². The summed E-state index contributed by atoms with van der Waals surface area (Å²) in [5.41, 5.74) is -0.249. The highest BCUT2D eigenvalue weighted by Gasteiger charge is 2.31. The molecule has 0 aliphatic carbocycles. The molecule has 1 heterocycles. The average Bonchev–Trinajstić information content (AvgIpc) is 2.89. The standard InChI is InChI=1S/C15H17F3N4OS/c1-9-19-7-11(24-9)8-20-14(23)21-12-6-10(15(16,17)18)4-5-13(12)22(2)3/h4-7H,8H2,1-3H3,(H2,20,21,23). The predicted molar refractivity (Wildman–Crippen MR) is 88.5 cm³/mol. The largest absolute Gasteiger partial charge is 0.416 e. The van der Waals surface area contributed by atoms with Crippen molar-refractivity contribution in [3.8, 4) is 0 Å². The maximum absolute atomic E-state index is 12.9. The van der Waals surface area contributed by atoms with Crippen LogP contribution in [0.2, 0.25) is 0 Å². The van der Waals surface area contributed by atoms with Crippen LogP contribution in [0.3, 0.4) is 0 Å². The third-order valence-electron chi connectivity index (χ3n) is 3.15. The Balaban J connectivity index is 2.12. The number of hydrogen-bond acceptors (Lipinski definition) is 4. The lowest BCUT2D eigenvalue weighted by atomic mass is 10.1. The first-order valence-electron chi connectivity index (χ1n) is 7.01. The number of alkyl halides is 3. The topological polar surface area (TPSA) is 57.3 Å². The fourth-order valence-corrected chi connectivity index (χ4v) is 2.76. The fraction of sp³-hybridized carbons (Fsp3) is 0.333. The Morgan fingerprint density at radius 3 is 2.58 bits per heavy atom. The average molecular weight is 358 g/mol. The van der Waals surface area contributed by atoms with Crippen LogP contribution in [0.15, 0.2) is 24.4 Å². The highest BCUT2D eigenvalue weighted by atomic mass is 32.1. The number of rotatable bonds is 4. The summed E-state index contributed by atoms with van der Waals surface area (Å²) in [5.74, 6) is 0. The van der Waals surface area contributed by atoms with Gasteiger partial charge in [0, 0.05) is 25.2 Å². The van der Waals surface area contributed by atoms with Crippen molar-refractivity contribution in [3.05, 3.63) is 39.8 Å². The number of aryl methyl sites for hydroxylation is 1. The van der Waals surface area contributed by atoms with Crippen LogP contribution >= 0.6 is 11.3 Å². The Morgan fingerprint density at radius 2 is 2.04 bits per heavy atom. The number of benzene rings is 1. The van der Waals surface area contributed by atoms with Crippen molar-refractivity contribution in [1.29, 1.82) is 0 Å². The molecule has 2 rings (SSSR count). The van der Waals surface area contributed by atoms with Crippen molar-refractivity contribution in [1.82, 2.24) is 10.3 Å². The Labute approximate surface area is 141 Å². The van der Waals surface area contributed by atoms with E-state index in [2.05, 4.69) is 15.6 Å². The lowest BCUT2D eigenvalue weighted by Gasteiger charge is -2.20. The molecule has 130 valence electrons. The summed E-state index contributed by atoms with van der Waals surface area (Å²) in [7, 11) is 3.37. The molecule has 0 unspecified atom stereocenters. The molecule has 0 aliphatic rings. The van der Waals surface area contributed by atoms with Gasteiger partial charge in [0.05, 0.1) is 28.5 Å². The summed E-state index contributed by atoms with van der Waals surface area (Å²) in [6.07, 6.45) is -2.83. The number of aromatic nitrogens is 1. The van der Waals surface area contributed by atoms with Gasteiger partial charge in [0.15, 0.2) is 0 Å². The van der Waals surface area contributed by atoms with E-state index in [9.17, 15) is 18.0 Å². The third-order valence-corrected chi connectivity index (χ3v) is 4.06. The molecular weight excluding hydrogens is 341 g/mol. The second kappa shape index (κ2) is 7.08. The Hall–Kier alpha value is -2.29. The van der Waals surface area contributed by atoms with Gasteiger partial charge in [-0.25, -0.2) is 9.78 Å². The lowest BCUT2D eigenvalue weighted by Crippen LogP contribution is -2.29. The molecule has 2 amide bonds. The van der Waals surface area contributed by atoms with Gasteiger partial charge in [-0.05, 0) is 25.1 Å². The van der Waals surface area contributed by atoms with Crippen LogP contribution < -0.4 is 15.5 Å². The molecule has 24 heavy (non-hydrogen) atoms. The summed E-state index contributed by atoms with van der Waals surface area (Å²) in [6, 6.07) is 2.65. The molecule has 1 aromatic heterocycles. The second-order valence-corrected chi connectivity index (χ2v) is 6.60. The molecule has 1 aromatic carbocycles. The SMILES string of the molecule is Cc1ncc(CNC(=O)Nc2cc(C(F)(F)F)ccc2N(C)C)s1. The van der Waals surface area contributed by atoms with Crippen molar-refractivity contribution in [2.24, 2.45) is 0 Å². The molecule has 0 saturated heterocycles. The summed E-state index contributed by atoms with van der Waals surface area (Å²) in [4.78, 5) is 18.5. The third kappa shape index (κ3) is 4.60. The maximum Gasteiger partial charge on any atom is 0.416 e. The van der Waals surface area contributed by atoms with Gasteiger partial charge >= 0.3 is 12.2 Å². The molecule has 9 heteroatoms. The summed E-state index contributed by atoms with van der Waals surface area (Å²) in [6.45, 7) is 2.10. The van der Waals surface area contributed by atoms with E-state index < -0.39 is 17.8 Å². The van der Waals surface area contributed by atoms with Crippen molar-refractivity contribution >= 4 is 28.7 Å². The Bertz CT molecular complexity index is 728. The van der Waals surface area contributed by atoms with Crippen LogP contribution in [0.4, 0.5) is 29.3 Å². The van der Waals surface area contributed by atoms with E-state index in [0.29, 0.717) is 5.69 Å². The van der Waals surface area contributed by atoms with Crippen LogP contribution in [0.5, 0.6) is 0 Å². The number of halogens is 3. The number of anilines is 2. The number of carbonyl (C=O) groups is 1. The number of nitrogens with one attached hydrogen (secondary N) is 2. The quantitative estimate of drug-likeness (QED) is 0.873. The first-order valence-corrected chi connectivity index (χ1v) is 7.83. The molecule has 0 saturated carbocycles.